The summed E-state index contributed by atoms with van der Waals surface area (Å²) in [4.78, 5) is 24.8. The zero-order chi connectivity index (χ0) is 13.8. The molecule has 0 bridgehead atoms. The number of urea groups is 1. The predicted molar refractivity (Wildman–Crippen MR) is 72.9 cm³/mol. The van der Waals surface area contributed by atoms with Gasteiger partial charge < -0.3 is 10.2 Å². The maximum atomic E-state index is 11.7. The van der Waals surface area contributed by atoms with E-state index >= 15 is 0 Å². The summed E-state index contributed by atoms with van der Waals surface area (Å²) in [6.07, 6.45) is 1.65. The van der Waals surface area contributed by atoms with Crippen LogP contribution in [0, 0.1) is 0 Å². The number of carbonyl (C=O) groups excluding carboxylic acids is 2. The minimum Gasteiger partial charge on any atom is -0.334 e. The molecular weight excluding hydrogens is 242 g/mol. The van der Waals surface area contributed by atoms with Gasteiger partial charge in [-0.1, -0.05) is 24.3 Å². The second-order valence-electron chi connectivity index (χ2n) is 5.13. The van der Waals surface area contributed by atoms with Crippen LogP contribution >= 0.6 is 0 Å². The van der Waals surface area contributed by atoms with Crippen molar-refractivity contribution >= 4 is 11.9 Å². The Labute approximate surface area is 113 Å². The van der Waals surface area contributed by atoms with Gasteiger partial charge in [-0.2, -0.15) is 0 Å². The molecule has 0 aliphatic heterocycles. The van der Waals surface area contributed by atoms with Crippen LogP contribution in [0.2, 0.25) is 0 Å². The van der Waals surface area contributed by atoms with E-state index in [2.05, 4.69) is 22.8 Å². The highest BCUT2D eigenvalue weighted by atomic mass is 16.2. The summed E-state index contributed by atoms with van der Waals surface area (Å²) in [6.45, 7) is 0.207. The third kappa shape index (κ3) is 3.79. The topological polar surface area (TPSA) is 61.4 Å². The predicted octanol–water partition coefficient (Wildman–Crippen LogP) is 0.541. The average Bonchev–Trinajstić information content (AvgIpc) is 2.68. The Kier molecular flexibility index (Phi) is 4.16. The van der Waals surface area contributed by atoms with Crippen molar-refractivity contribution in [1.29, 1.82) is 0 Å². The van der Waals surface area contributed by atoms with Crippen molar-refractivity contribution < 1.29 is 9.59 Å². The van der Waals surface area contributed by atoms with Crippen LogP contribution in [0.3, 0.4) is 0 Å². The summed E-state index contributed by atoms with van der Waals surface area (Å²) in [6, 6.07) is 7.82. The first-order valence-electron chi connectivity index (χ1n) is 6.36. The van der Waals surface area contributed by atoms with E-state index in [0.717, 1.165) is 12.8 Å². The summed E-state index contributed by atoms with van der Waals surface area (Å²) >= 11 is 0. The molecule has 1 aliphatic rings. The van der Waals surface area contributed by atoms with Gasteiger partial charge in [0.05, 0.1) is 6.54 Å². The maximum absolute atomic E-state index is 11.7. The van der Waals surface area contributed by atoms with Crippen LogP contribution in [-0.4, -0.2) is 43.5 Å². The minimum atomic E-state index is -0.412. The Hall–Kier alpha value is -1.88. The Morgan fingerprint density at radius 2 is 1.79 bits per heavy atom. The molecule has 1 aromatic rings. The summed E-state index contributed by atoms with van der Waals surface area (Å²) in [7, 11) is 3.57. The Morgan fingerprint density at radius 1 is 1.21 bits per heavy atom. The molecule has 5 heteroatoms. The van der Waals surface area contributed by atoms with Gasteiger partial charge in [-0.05, 0) is 38.1 Å². The summed E-state index contributed by atoms with van der Waals surface area (Å²) < 4.78 is 0. The number of hydrogen-bond donors (Lipinski definition) is 2. The molecule has 19 heavy (non-hydrogen) atoms. The number of likely N-dealkylation sites (N-methyl/N-ethyl adjacent to an activating group) is 1. The van der Waals surface area contributed by atoms with E-state index in [-0.39, 0.29) is 18.5 Å². The number of rotatable bonds is 3. The van der Waals surface area contributed by atoms with E-state index in [9.17, 15) is 9.59 Å². The molecule has 0 saturated heterocycles. The SMILES string of the molecule is CN(C)CC(=O)NC(=O)NC1Cc2ccccc2C1. The molecule has 0 atom stereocenters. The number of imide groups is 1. The molecule has 2 N–H and O–H groups in total. The molecule has 102 valence electrons. The third-order valence-corrected chi connectivity index (χ3v) is 3.10. The van der Waals surface area contributed by atoms with Gasteiger partial charge >= 0.3 is 6.03 Å². The second-order valence-corrected chi connectivity index (χ2v) is 5.13. The zero-order valence-corrected chi connectivity index (χ0v) is 11.3. The second kappa shape index (κ2) is 5.84. The minimum absolute atomic E-state index is 0.0737. The molecule has 5 nitrogen and oxygen atoms in total. The van der Waals surface area contributed by atoms with Crippen molar-refractivity contribution in [3.05, 3.63) is 35.4 Å². The highest BCUT2D eigenvalue weighted by Gasteiger charge is 2.22. The number of amides is 3. The lowest BCUT2D eigenvalue weighted by atomic mass is 10.1. The zero-order valence-electron chi connectivity index (χ0n) is 11.3. The number of nitrogens with zero attached hydrogens (tertiary/aromatic N) is 1. The highest BCUT2D eigenvalue weighted by molar-refractivity contribution is 5.95. The average molecular weight is 261 g/mol. The standard InChI is InChI=1S/C14H19N3O2/c1-17(2)9-13(18)16-14(19)15-12-7-10-5-3-4-6-11(10)8-12/h3-6,12H,7-9H2,1-2H3,(H2,15,16,18,19). The first-order chi connectivity index (χ1) is 9.04. The molecule has 1 aliphatic carbocycles. The molecule has 0 unspecified atom stereocenters. The molecule has 3 amide bonds. The number of nitrogens with one attached hydrogen (secondary N) is 2. The molecule has 0 fully saturated rings. The fourth-order valence-corrected chi connectivity index (χ4v) is 2.34. The number of hydrogen-bond acceptors (Lipinski definition) is 3. The van der Waals surface area contributed by atoms with Crippen molar-refractivity contribution in [2.75, 3.05) is 20.6 Å². The van der Waals surface area contributed by atoms with Crippen LogP contribution < -0.4 is 10.6 Å². The quantitative estimate of drug-likeness (QED) is 0.835. The van der Waals surface area contributed by atoms with Crippen molar-refractivity contribution in [3.63, 3.8) is 0 Å². The Morgan fingerprint density at radius 3 is 2.32 bits per heavy atom. The normalized spacial score (nSPS) is 14.3. The van der Waals surface area contributed by atoms with Crippen molar-refractivity contribution in [3.8, 4) is 0 Å². The van der Waals surface area contributed by atoms with Crippen LogP contribution in [0.4, 0.5) is 4.79 Å². The van der Waals surface area contributed by atoms with Crippen molar-refractivity contribution in [2.45, 2.75) is 18.9 Å². The lowest BCUT2D eigenvalue weighted by molar-refractivity contribution is -0.120. The van der Waals surface area contributed by atoms with Gasteiger partial charge in [0.1, 0.15) is 0 Å². The van der Waals surface area contributed by atoms with Gasteiger partial charge in [0.25, 0.3) is 0 Å². The van der Waals surface area contributed by atoms with E-state index in [1.54, 1.807) is 19.0 Å². The number of fused-ring (bicyclic) bond motifs is 1. The molecular formula is C14H19N3O2. The largest absolute Gasteiger partial charge is 0.334 e. The van der Waals surface area contributed by atoms with E-state index < -0.39 is 6.03 Å². The smallest absolute Gasteiger partial charge is 0.321 e. The Balaban J connectivity index is 1.81. The first-order valence-corrected chi connectivity index (χ1v) is 6.36. The van der Waals surface area contributed by atoms with Gasteiger partial charge in [0.15, 0.2) is 0 Å². The molecule has 0 radical (unpaired) electrons. The van der Waals surface area contributed by atoms with Crippen molar-refractivity contribution in [2.24, 2.45) is 0 Å². The van der Waals surface area contributed by atoms with E-state index in [4.69, 9.17) is 0 Å². The summed E-state index contributed by atoms with van der Waals surface area (Å²) in [5, 5.41) is 5.17. The maximum Gasteiger partial charge on any atom is 0.321 e. The highest BCUT2D eigenvalue weighted by Crippen LogP contribution is 2.21. The van der Waals surface area contributed by atoms with Crippen LogP contribution in [0.25, 0.3) is 0 Å². The summed E-state index contributed by atoms with van der Waals surface area (Å²) in [5.41, 5.74) is 2.54. The molecule has 0 aromatic heterocycles. The number of benzene rings is 1. The molecule has 0 heterocycles. The van der Waals surface area contributed by atoms with E-state index in [0.29, 0.717) is 0 Å². The van der Waals surface area contributed by atoms with Crippen LogP contribution in [0.15, 0.2) is 24.3 Å². The molecule has 0 saturated carbocycles. The molecule has 1 aromatic carbocycles. The number of carbonyl (C=O) groups is 2. The van der Waals surface area contributed by atoms with E-state index in [1.165, 1.54) is 11.1 Å². The lowest BCUT2D eigenvalue weighted by Crippen LogP contribution is -2.47. The van der Waals surface area contributed by atoms with Crippen LogP contribution in [-0.2, 0) is 17.6 Å². The summed E-state index contributed by atoms with van der Waals surface area (Å²) in [5.74, 6) is -0.294. The fourth-order valence-electron chi connectivity index (χ4n) is 2.34. The van der Waals surface area contributed by atoms with Crippen molar-refractivity contribution in [1.82, 2.24) is 15.5 Å². The Bertz CT molecular complexity index is 460. The van der Waals surface area contributed by atoms with Gasteiger partial charge in [-0.3, -0.25) is 10.1 Å². The fraction of sp³-hybridized carbons (Fsp3) is 0.429. The molecule has 0 spiro atoms. The van der Waals surface area contributed by atoms with Crippen LogP contribution in [0.5, 0.6) is 0 Å². The van der Waals surface area contributed by atoms with Crippen LogP contribution in [0.1, 0.15) is 11.1 Å². The van der Waals surface area contributed by atoms with Gasteiger partial charge in [-0.25, -0.2) is 4.79 Å². The monoisotopic (exact) mass is 261 g/mol. The first kappa shape index (κ1) is 13.5. The van der Waals surface area contributed by atoms with Gasteiger partial charge in [0, 0.05) is 6.04 Å². The molecule has 2 rings (SSSR count). The third-order valence-electron chi connectivity index (χ3n) is 3.10. The lowest BCUT2D eigenvalue weighted by Gasteiger charge is -2.13. The van der Waals surface area contributed by atoms with Gasteiger partial charge in [0.2, 0.25) is 5.91 Å². The van der Waals surface area contributed by atoms with Gasteiger partial charge in [-0.15, -0.1) is 0 Å². The van der Waals surface area contributed by atoms with E-state index in [1.807, 2.05) is 12.1 Å².